The second-order valence-electron chi connectivity index (χ2n) is 4.53. The van der Waals surface area contributed by atoms with Gasteiger partial charge in [0.1, 0.15) is 11.3 Å². The summed E-state index contributed by atoms with van der Waals surface area (Å²) >= 11 is 0. The summed E-state index contributed by atoms with van der Waals surface area (Å²) in [5.41, 5.74) is 2.05. The number of ether oxygens (including phenoxy) is 1. The molecule has 1 saturated carbocycles. The molecule has 0 atom stereocenters. The second-order valence-corrected chi connectivity index (χ2v) is 4.53. The van der Waals surface area contributed by atoms with Crippen LogP contribution in [-0.2, 0) is 11.3 Å². The van der Waals surface area contributed by atoms with Gasteiger partial charge in [-0.2, -0.15) is 0 Å². The maximum Gasteiger partial charge on any atom is 0.340 e. The Balaban J connectivity index is 1.91. The van der Waals surface area contributed by atoms with Crippen LogP contribution >= 0.6 is 0 Å². The van der Waals surface area contributed by atoms with E-state index in [9.17, 15) is 4.79 Å². The monoisotopic (exact) mass is 245 g/mol. The molecule has 1 aliphatic carbocycles. The molecule has 3 rings (SSSR count). The number of methoxy groups -OCH3 is 1. The number of hydrogen-bond donors (Lipinski definition) is 2. The van der Waals surface area contributed by atoms with E-state index in [1.165, 1.54) is 20.0 Å². The van der Waals surface area contributed by atoms with Gasteiger partial charge < -0.3 is 15.0 Å². The Hall–Kier alpha value is -1.88. The lowest BCUT2D eigenvalue weighted by Gasteiger charge is -1.98. The standard InChI is InChI=1S/C13H15N3O2/c1-18-13(17)9-3-2-4-10-12(9)16-11(15-10)7-14-8-5-6-8/h2-4,8,14H,5-7H2,1H3,(H,15,16). The van der Waals surface area contributed by atoms with Gasteiger partial charge in [-0.05, 0) is 25.0 Å². The number of hydrogen-bond acceptors (Lipinski definition) is 4. The summed E-state index contributed by atoms with van der Waals surface area (Å²) in [7, 11) is 1.38. The van der Waals surface area contributed by atoms with Crippen molar-refractivity contribution >= 4 is 17.0 Å². The number of carbonyl (C=O) groups is 1. The summed E-state index contributed by atoms with van der Waals surface area (Å²) < 4.78 is 4.75. The first-order valence-corrected chi connectivity index (χ1v) is 6.07. The molecule has 94 valence electrons. The van der Waals surface area contributed by atoms with E-state index in [1.807, 2.05) is 12.1 Å². The Morgan fingerprint density at radius 1 is 1.56 bits per heavy atom. The van der Waals surface area contributed by atoms with E-state index in [0.29, 0.717) is 23.7 Å². The van der Waals surface area contributed by atoms with Crippen LogP contribution in [0.3, 0.4) is 0 Å². The Morgan fingerprint density at radius 2 is 2.39 bits per heavy atom. The van der Waals surface area contributed by atoms with Crippen LogP contribution < -0.4 is 5.32 Å². The third-order valence-corrected chi connectivity index (χ3v) is 3.10. The summed E-state index contributed by atoms with van der Waals surface area (Å²) in [6.07, 6.45) is 2.49. The highest BCUT2D eigenvalue weighted by Crippen LogP contribution is 2.20. The van der Waals surface area contributed by atoms with Crippen molar-refractivity contribution in [2.75, 3.05) is 7.11 Å². The molecule has 2 N–H and O–H groups in total. The molecule has 0 radical (unpaired) electrons. The Labute approximate surface area is 105 Å². The Morgan fingerprint density at radius 3 is 3.11 bits per heavy atom. The zero-order chi connectivity index (χ0) is 12.5. The highest BCUT2D eigenvalue weighted by atomic mass is 16.5. The van der Waals surface area contributed by atoms with Gasteiger partial charge in [-0.25, -0.2) is 9.78 Å². The molecule has 0 amide bonds. The van der Waals surface area contributed by atoms with Crippen molar-refractivity contribution in [2.45, 2.75) is 25.4 Å². The Bertz CT molecular complexity index is 587. The van der Waals surface area contributed by atoms with Gasteiger partial charge in [-0.15, -0.1) is 0 Å². The third kappa shape index (κ3) is 2.09. The SMILES string of the molecule is COC(=O)c1cccc2[nH]c(CNC3CC3)nc12. The number of H-pyrrole nitrogens is 1. The molecule has 1 aliphatic rings. The maximum absolute atomic E-state index is 11.6. The zero-order valence-corrected chi connectivity index (χ0v) is 10.2. The molecule has 5 heteroatoms. The maximum atomic E-state index is 11.6. The van der Waals surface area contributed by atoms with Gasteiger partial charge in [0.2, 0.25) is 0 Å². The molecule has 2 aromatic rings. The van der Waals surface area contributed by atoms with Gasteiger partial charge in [0.05, 0.1) is 24.7 Å². The number of nitrogens with zero attached hydrogens (tertiary/aromatic N) is 1. The van der Waals surface area contributed by atoms with Crippen molar-refractivity contribution < 1.29 is 9.53 Å². The fourth-order valence-electron chi connectivity index (χ4n) is 1.97. The number of fused-ring (bicyclic) bond motifs is 1. The van der Waals surface area contributed by atoms with Gasteiger partial charge in [-0.3, -0.25) is 0 Å². The number of aromatic amines is 1. The Kier molecular flexibility index (Phi) is 2.76. The normalized spacial score (nSPS) is 14.9. The highest BCUT2D eigenvalue weighted by Gasteiger charge is 2.21. The van der Waals surface area contributed by atoms with Crippen molar-refractivity contribution in [3.63, 3.8) is 0 Å². The van der Waals surface area contributed by atoms with Crippen LogP contribution in [0.5, 0.6) is 0 Å². The fourth-order valence-corrected chi connectivity index (χ4v) is 1.97. The number of benzene rings is 1. The molecule has 18 heavy (non-hydrogen) atoms. The van der Waals surface area contributed by atoms with Crippen molar-refractivity contribution in [3.8, 4) is 0 Å². The first kappa shape index (κ1) is 11.2. The molecule has 1 fully saturated rings. The molecule has 5 nitrogen and oxygen atoms in total. The minimum atomic E-state index is -0.353. The van der Waals surface area contributed by atoms with Crippen LogP contribution in [0.1, 0.15) is 29.0 Å². The number of aromatic nitrogens is 2. The number of nitrogens with one attached hydrogen (secondary N) is 2. The van der Waals surface area contributed by atoms with E-state index in [0.717, 1.165) is 11.3 Å². The van der Waals surface area contributed by atoms with Crippen molar-refractivity contribution in [3.05, 3.63) is 29.6 Å². The van der Waals surface area contributed by atoms with E-state index >= 15 is 0 Å². The predicted octanol–water partition coefficient (Wildman–Crippen LogP) is 1.60. The molecule has 0 aliphatic heterocycles. The number of carbonyl (C=O) groups excluding carboxylic acids is 1. The second kappa shape index (κ2) is 4.42. The molecule has 0 spiro atoms. The van der Waals surface area contributed by atoms with Gasteiger partial charge in [0.15, 0.2) is 0 Å². The van der Waals surface area contributed by atoms with Crippen molar-refractivity contribution in [1.82, 2.24) is 15.3 Å². The quantitative estimate of drug-likeness (QED) is 0.803. The van der Waals surface area contributed by atoms with Gasteiger partial charge in [0.25, 0.3) is 0 Å². The average Bonchev–Trinajstić information content (AvgIpc) is 3.13. The summed E-state index contributed by atoms with van der Waals surface area (Å²) in [6, 6.07) is 6.10. The largest absolute Gasteiger partial charge is 0.465 e. The van der Waals surface area contributed by atoms with Crippen LogP contribution in [-0.4, -0.2) is 29.1 Å². The zero-order valence-electron chi connectivity index (χ0n) is 10.2. The van der Waals surface area contributed by atoms with E-state index in [-0.39, 0.29) is 5.97 Å². The fraction of sp³-hybridized carbons (Fsp3) is 0.385. The summed E-state index contributed by atoms with van der Waals surface area (Å²) in [6.45, 7) is 0.708. The number of esters is 1. The van der Waals surface area contributed by atoms with Crippen molar-refractivity contribution in [1.29, 1.82) is 0 Å². The smallest absolute Gasteiger partial charge is 0.340 e. The van der Waals surface area contributed by atoms with E-state index in [1.54, 1.807) is 6.07 Å². The van der Waals surface area contributed by atoms with Crippen LogP contribution in [0, 0.1) is 0 Å². The third-order valence-electron chi connectivity index (χ3n) is 3.10. The number of rotatable bonds is 4. The lowest BCUT2D eigenvalue weighted by atomic mass is 10.2. The minimum Gasteiger partial charge on any atom is -0.465 e. The molecule has 0 saturated heterocycles. The minimum absolute atomic E-state index is 0.353. The highest BCUT2D eigenvalue weighted by molar-refractivity contribution is 6.01. The lowest BCUT2D eigenvalue weighted by Crippen LogP contribution is -2.16. The first-order chi connectivity index (χ1) is 8.78. The lowest BCUT2D eigenvalue weighted by molar-refractivity contribution is 0.0603. The molecule has 0 unspecified atom stereocenters. The summed E-state index contributed by atoms with van der Waals surface area (Å²) in [4.78, 5) is 19.3. The van der Waals surface area contributed by atoms with Crippen molar-refractivity contribution in [2.24, 2.45) is 0 Å². The molecular formula is C13H15N3O2. The number of imidazole rings is 1. The van der Waals surface area contributed by atoms with Gasteiger partial charge in [0, 0.05) is 6.04 Å². The van der Waals surface area contributed by atoms with Crippen LogP contribution in [0.2, 0.25) is 0 Å². The van der Waals surface area contributed by atoms with Crippen LogP contribution in [0.15, 0.2) is 18.2 Å². The van der Waals surface area contributed by atoms with Crippen LogP contribution in [0.25, 0.3) is 11.0 Å². The van der Waals surface area contributed by atoms with Gasteiger partial charge in [-0.1, -0.05) is 6.07 Å². The summed E-state index contributed by atoms with van der Waals surface area (Å²) in [5, 5.41) is 3.39. The molecule has 1 aromatic carbocycles. The molecule has 0 bridgehead atoms. The van der Waals surface area contributed by atoms with E-state index in [4.69, 9.17) is 4.74 Å². The van der Waals surface area contributed by atoms with Gasteiger partial charge >= 0.3 is 5.97 Å². The number of para-hydroxylation sites is 1. The molecule has 1 aromatic heterocycles. The summed E-state index contributed by atoms with van der Waals surface area (Å²) in [5.74, 6) is 0.502. The average molecular weight is 245 g/mol. The van der Waals surface area contributed by atoms with E-state index < -0.39 is 0 Å². The molecule has 1 heterocycles. The van der Waals surface area contributed by atoms with Crippen LogP contribution in [0.4, 0.5) is 0 Å². The predicted molar refractivity (Wildman–Crippen MR) is 67.3 cm³/mol. The topological polar surface area (TPSA) is 67.0 Å². The van der Waals surface area contributed by atoms with E-state index in [2.05, 4.69) is 15.3 Å². The first-order valence-electron chi connectivity index (χ1n) is 6.07. The molecular weight excluding hydrogens is 230 g/mol.